The van der Waals surface area contributed by atoms with Crippen LogP contribution in [0.25, 0.3) is 0 Å². The third kappa shape index (κ3) is 3.54. The van der Waals surface area contributed by atoms with Gasteiger partial charge in [0.15, 0.2) is 0 Å². The molecule has 5 heteroatoms. The first-order chi connectivity index (χ1) is 7.85. The highest BCUT2D eigenvalue weighted by atomic mass is 19.1. The minimum atomic E-state index is -0.597. The van der Waals surface area contributed by atoms with E-state index in [1.54, 1.807) is 13.8 Å². The fourth-order valence-corrected chi connectivity index (χ4v) is 1.24. The Hall–Kier alpha value is -1.93. The van der Waals surface area contributed by atoms with Crippen LogP contribution < -0.4 is 5.32 Å². The maximum atomic E-state index is 13.0. The molecule has 0 unspecified atom stereocenters. The molecule has 1 N–H and O–H groups in total. The van der Waals surface area contributed by atoms with Gasteiger partial charge in [-0.1, -0.05) is 5.92 Å². The van der Waals surface area contributed by atoms with E-state index in [1.807, 2.05) is 0 Å². The molecule has 17 heavy (non-hydrogen) atoms. The molecule has 0 aliphatic carbocycles. The lowest BCUT2D eigenvalue weighted by atomic mass is 10.1. The minimum Gasteiger partial charge on any atom is -0.297 e. The number of terminal acetylenes is 1. The van der Waals surface area contributed by atoms with E-state index in [2.05, 4.69) is 11.2 Å². The molecule has 1 aromatic rings. The molecule has 0 saturated heterocycles. The van der Waals surface area contributed by atoms with Crippen molar-refractivity contribution in [2.24, 2.45) is 0 Å². The first-order valence-corrected chi connectivity index (χ1v) is 5.01. The zero-order chi connectivity index (χ0) is 13.1. The SMILES string of the molecule is C#CC(C)(C)NCc1cc(F)ccc1[N+](=O)[O-]. The van der Waals surface area contributed by atoms with Gasteiger partial charge in [0.2, 0.25) is 0 Å². The Labute approximate surface area is 99.0 Å². The third-order valence-electron chi connectivity index (χ3n) is 2.32. The molecule has 4 nitrogen and oxygen atoms in total. The summed E-state index contributed by atoms with van der Waals surface area (Å²) < 4.78 is 13.0. The van der Waals surface area contributed by atoms with Crippen molar-refractivity contribution in [2.45, 2.75) is 25.9 Å². The van der Waals surface area contributed by atoms with E-state index in [0.717, 1.165) is 18.2 Å². The van der Waals surface area contributed by atoms with Crippen LogP contribution in [-0.4, -0.2) is 10.5 Å². The molecule has 0 saturated carbocycles. The topological polar surface area (TPSA) is 55.2 Å². The number of nitro groups is 1. The fraction of sp³-hybridized carbons (Fsp3) is 0.333. The van der Waals surface area contributed by atoms with Crippen molar-refractivity contribution in [2.75, 3.05) is 0 Å². The molecule has 0 amide bonds. The predicted molar refractivity (Wildman–Crippen MR) is 62.8 cm³/mol. The van der Waals surface area contributed by atoms with E-state index >= 15 is 0 Å². The number of nitro benzene ring substituents is 1. The van der Waals surface area contributed by atoms with Gasteiger partial charge in [-0.3, -0.25) is 15.4 Å². The molecule has 0 aliphatic heterocycles. The molecule has 1 aromatic carbocycles. The average molecular weight is 236 g/mol. The number of nitrogens with one attached hydrogen (secondary N) is 1. The lowest BCUT2D eigenvalue weighted by Crippen LogP contribution is -2.37. The molecule has 0 atom stereocenters. The van der Waals surface area contributed by atoms with Crippen LogP contribution in [0, 0.1) is 28.3 Å². The van der Waals surface area contributed by atoms with Gasteiger partial charge in [-0.05, 0) is 26.0 Å². The van der Waals surface area contributed by atoms with Crippen molar-refractivity contribution in [1.29, 1.82) is 0 Å². The maximum absolute atomic E-state index is 13.0. The normalized spacial score (nSPS) is 10.9. The number of rotatable bonds is 4. The number of benzene rings is 1. The summed E-state index contributed by atoms with van der Waals surface area (Å²) in [7, 11) is 0. The molecular weight excluding hydrogens is 223 g/mol. The van der Waals surface area contributed by atoms with Gasteiger partial charge in [-0.25, -0.2) is 4.39 Å². The second-order valence-electron chi connectivity index (χ2n) is 4.15. The predicted octanol–water partition coefficient (Wildman–Crippen LogP) is 2.24. The zero-order valence-electron chi connectivity index (χ0n) is 9.66. The number of nitrogens with zero attached hydrogens (tertiary/aromatic N) is 1. The number of hydrogen-bond acceptors (Lipinski definition) is 3. The van der Waals surface area contributed by atoms with E-state index in [4.69, 9.17) is 6.42 Å². The molecule has 0 spiro atoms. The second-order valence-corrected chi connectivity index (χ2v) is 4.15. The van der Waals surface area contributed by atoms with E-state index in [1.165, 1.54) is 0 Å². The highest BCUT2D eigenvalue weighted by molar-refractivity contribution is 5.40. The third-order valence-corrected chi connectivity index (χ3v) is 2.32. The molecule has 0 bridgehead atoms. The van der Waals surface area contributed by atoms with Crippen molar-refractivity contribution in [3.05, 3.63) is 39.7 Å². The standard InChI is InChI=1S/C12H13FN2O2/c1-4-12(2,3)14-8-9-7-10(13)5-6-11(9)15(16)17/h1,5-7,14H,8H2,2-3H3. The van der Waals surface area contributed by atoms with Crippen molar-refractivity contribution in [3.8, 4) is 12.3 Å². The first-order valence-electron chi connectivity index (χ1n) is 5.01. The van der Waals surface area contributed by atoms with E-state index in [9.17, 15) is 14.5 Å². The van der Waals surface area contributed by atoms with Crippen LogP contribution in [-0.2, 0) is 6.54 Å². The Morgan fingerprint density at radius 2 is 2.24 bits per heavy atom. The van der Waals surface area contributed by atoms with Gasteiger partial charge in [0.05, 0.1) is 10.5 Å². The molecule has 0 aromatic heterocycles. The van der Waals surface area contributed by atoms with Crippen LogP contribution in [0.2, 0.25) is 0 Å². The van der Waals surface area contributed by atoms with Crippen LogP contribution in [0.5, 0.6) is 0 Å². The Bertz CT molecular complexity index is 478. The van der Waals surface area contributed by atoms with Gasteiger partial charge in [0.1, 0.15) is 5.82 Å². The number of halogens is 1. The fourth-order valence-electron chi connectivity index (χ4n) is 1.24. The van der Waals surface area contributed by atoms with Crippen LogP contribution in [0.3, 0.4) is 0 Å². The summed E-state index contributed by atoms with van der Waals surface area (Å²) in [6, 6.07) is 3.35. The van der Waals surface area contributed by atoms with Crippen LogP contribution in [0.15, 0.2) is 18.2 Å². The molecule has 1 rings (SSSR count). The van der Waals surface area contributed by atoms with E-state index in [-0.39, 0.29) is 17.8 Å². The second kappa shape index (κ2) is 4.93. The zero-order valence-corrected chi connectivity index (χ0v) is 9.66. The summed E-state index contributed by atoms with van der Waals surface area (Å²) in [6.45, 7) is 3.67. The quantitative estimate of drug-likeness (QED) is 0.495. The largest absolute Gasteiger partial charge is 0.297 e. The van der Waals surface area contributed by atoms with Crippen molar-refractivity contribution >= 4 is 5.69 Å². The monoisotopic (exact) mass is 236 g/mol. The molecule has 0 heterocycles. The maximum Gasteiger partial charge on any atom is 0.274 e. The lowest BCUT2D eigenvalue weighted by molar-refractivity contribution is -0.385. The highest BCUT2D eigenvalue weighted by Crippen LogP contribution is 2.20. The molecule has 0 aliphatic rings. The van der Waals surface area contributed by atoms with Crippen LogP contribution in [0.4, 0.5) is 10.1 Å². The summed E-state index contributed by atoms with van der Waals surface area (Å²) in [4.78, 5) is 10.2. The summed E-state index contributed by atoms with van der Waals surface area (Å²) in [5.41, 5.74) is -0.440. The van der Waals surface area contributed by atoms with Gasteiger partial charge in [0, 0.05) is 18.2 Å². The molecular formula is C12H13FN2O2. The molecule has 0 fully saturated rings. The Morgan fingerprint density at radius 1 is 1.59 bits per heavy atom. The summed E-state index contributed by atoms with van der Waals surface area (Å²) in [5.74, 6) is 1.99. The summed E-state index contributed by atoms with van der Waals surface area (Å²) in [5, 5.41) is 13.7. The van der Waals surface area contributed by atoms with Gasteiger partial charge in [-0.2, -0.15) is 0 Å². The first kappa shape index (κ1) is 13.1. The van der Waals surface area contributed by atoms with Crippen LogP contribution >= 0.6 is 0 Å². The average Bonchev–Trinajstić information content (AvgIpc) is 2.26. The van der Waals surface area contributed by atoms with E-state index < -0.39 is 16.3 Å². The van der Waals surface area contributed by atoms with Gasteiger partial charge in [-0.15, -0.1) is 6.42 Å². The molecule has 90 valence electrons. The Morgan fingerprint density at radius 3 is 2.76 bits per heavy atom. The molecule has 0 radical (unpaired) electrons. The summed E-state index contributed by atoms with van der Waals surface area (Å²) >= 11 is 0. The number of hydrogen-bond donors (Lipinski definition) is 1. The lowest BCUT2D eigenvalue weighted by Gasteiger charge is -2.19. The van der Waals surface area contributed by atoms with Crippen molar-refractivity contribution in [3.63, 3.8) is 0 Å². The van der Waals surface area contributed by atoms with Gasteiger partial charge >= 0.3 is 0 Å². The van der Waals surface area contributed by atoms with Gasteiger partial charge < -0.3 is 0 Å². The Kier molecular flexibility index (Phi) is 3.81. The highest BCUT2D eigenvalue weighted by Gasteiger charge is 2.18. The van der Waals surface area contributed by atoms with Crippen LogP contribution in [0.1, 0.15) is 19.4 Å². The summed E-state index contributed by atoms with van der Waals surface area (Å²) in [6.07, 6.45) is 5.28. The van der Waals surface area contributed by atoms with E-state index in [0.29, 0.717) is 0 Å². The van der Waals surface area contributed by atoms with Gasteiger partial charge in [0.25, 0.3) is 5.69 Å². The smallest absolute Gasteiger partial charge is 0.274 e. The van der Waals surface area contributed by atoms with Crippen molar-refractivity contribution in [1.82, 2.24) is 5.32 Å². The Balaban J connectivity index is 2.94. The minimum absolute atomic E-state index is 0.119. The van der Waals surface area contributed by atoms with Crippen molar-refractivity contribution < 1.29 is 9.31 Å².